The van der Waals surface area contributed by atoms with Crippen molar-refractivity contribution in [3.63, 3.8) is 0 Å². The quantitative estimate of drug-likeness (QED) is 0.704. The van der Waals surface area contributed by atoms with Crippen molar-refractivity contribution in [2.75, 3.05) is 0 Å². The predicted octanol–water partition coefficient (Wildman–Crippen LogP) is 2.04. The minimum atomic E-state index is -0.516. The van der Waals surface area contributed by atoms with Crippen LogP contribution in [-0.2, 0) is 11.4 Å². The maximum atomic E-state index is 10.9. The fourth-order valence-electron chi connectivity index (χ4n) is 2.10. The Hall–Kier alpha value is -3.15. The highest BCUT2D eigenvalue weighted by atomic mass is 16.5. The maximum Gasteiger partial charge on any atom is 0.241 e. The van der Waals surface area contributed by atoms with Gasteiger partial charge in [0.25, 0.3) is 0 Å². The Bertz CT molecular complexity index is 825. The first kappa shape index (κ1) is 13.8. The Labute approximate surface area is 126 Å². The summed E-state index contributed by atoms with van der Waals surface area (Å²) < 4.78 is 5.79. The third-order valence-corrected chi connectivity index (χ3v) is 3.11. The molecule has 110 valence electrons. The van der Waals surface area contributed by atoms with Crippen LogP contribution < -0.4 is 10.5 Å². The number of carbonyl (C=O) groups is 1. The number of hydrogen-bond acceptors (Lipinski definition) is 4. The highest BCUT2D eigenvalue weighted by Crippen LogP contribution is 2.26. The number of rotatable bonds is 5. The van der Waals surface area contributed by atoms with E-state index in [1.165, 1.54) is 12.4 Å². The molecular formula is C16H14N4O2. The summed E-state index contributed by atoms with van der Waals surface area (Å²) in [4.78, 5) is 22.2. The molecule has 1 amide bonds. The van der Waals surface area contributed by atoms with E-state index < -0.39 is 5.91 Å². The van der Waals surface area contributed by atoms with E-state index in [4.69, 9.17) is 10.5 Å². The van der Waals surface area contributed by atoms with Crippen molar-refractivity contribution in [2.24, 2.45) is 5.73 Å². The summed E-state index contributed by atoms with van der Waals surface area (Å²) >= 11 is 0. The third kappa shape index (κ3) is 2.95. The molecule has 0 aliphatic carbocycles. The van der Waals surface area contributed by atoms with Crippen molar-refractivity contribution in [1.82, 2.24) is 15.0 Å². The van der Waals surface area contributed by atoms with Gasteiger partial charge in [0.05, 0.1) is 5.39 Å². The molecule has 0 fully saturated rings. The van der Waals surface area contributed by atoms with Crippen molar-refractivity contribution >= 4 is 23.0 Å². The highest BCUT2D eigenvalue weighted by molar-refractivity contribution is 5.96. The maximum absolute atomic E-state index is 10.9. The second kappa shape index (κ2) is 6.09. The van der Waals surface area contributed by atoms with Crippen LogP contribution in [0.4, 0.5) is 0 Å². The topological polar surface area (TPSA) is 93.9 Å². The molecule has 0 radical (unpaired) electrons. The molecule has 0 spiro atoms. The van der Waals surface area contributed by atoms with E-state index in [-0.39, 0.29) is 0 Å². The van der Waals surface area contributed by atoms with E-state index in [1.807, 2.05) is 30.3 Å². The number of benzene rings is 1. The molecule has 6 nitrogen and oxygen atoms in total. The predicted molar refractivity (Wildman–Crippen MR) is 82.9 cm³/mol. The van der Waals surface area contributed by atoms with E-state index in [1.54, 1.807) is 12.3 Å². The van der Waals surface area contributed by atoms with Gasteiger partial charge in [0.1, 0.15) is 18.6 Å². The fraction of sp³-hybridized carbons (Fsp3) is 0.0625. The highest BCUT2D eigenvalue weighted by Gasteiger charge is 2.11. The van der Waals surface area contributed by atoms with Gasteiger partial charge in [-0.2, -0.15) is 0 Å². The second-order valence-electron chi connectivity index (χ2n) is 4.66. The Kier molecular flexibility index (Phi) is 3.82. The Morgan fingerprint density at radius 3 is 2.86 bits per heavy atom. The lowest BCUT2D eigenvalue weighted by atomic mass is 10.2. The lowest BCUT2D eigenvalue weighted by Crippen LogP contribution is -2.05. The molecule has 0 atom stereocenters. The minimum Gasteiger partial charge on any atom is -0.472 e. The van der Waals surface area contributed by atoms with Gasteiger partial charge in [-0.1, -0.05) is 30.3 Å². The van der Waals surface area contributed by atoms with Crippen LogP contribution in [0.1, 0.15) is 11.1 Å². The molecule has 0 bridgehead atoms. The average Bonchev–Trinajstić information content (AvgIpc) is 2.96. The summed E-state index contributed by atoms with van der Waals surface area (Å²) in [5.41, 5.74) is 7.56. The minimum absolute atomic E-state index is 0.400. The zero-order chi connectivity index (χ0) is 15.4. The molecule has 0 saturated carbocycles. The monoisotopic (exact) mass is 294 g/mol. The Balaban J connectivity index is 1.91. The van der Waals surface area contributed by atoms with Gasteiger partial charge in [0.2, 0.25) is 11.8 Å². The van der Waals surface area contributed by atoms with E-state index in [2.05, 4.69) is 15.0 Å². The van der Waals surface area contributed by atoms with Gasteiger partial charge >= 0.3 is 0 Å². The molecule has 0 aliphatic rings. The molecule has 3 rings (SSSR count). The van der Waals surface area contributed by atoms with Gasteiger partial charge in [-0.05, 0) is 11.6 Å². The molecule has 2 aromatic heterocycles. The van der Waals surface area contributed by atoms with Crippen LogP contribution in [0.15, 0.2) is 48.9 Å². The summed E-state index contributed by atoms with van der Waals surface area (Å²) in [6.07, 6.45) is 6.06. The normalized spacial score (nSPS) is 11.1. The summed E-state index contributed by atoms with van der Waals surface area (Å²) in [6, 6.07) is 9.80. The molecule has 2 heterocycles. The first-order chi connectivity index (χ1) is 10.7. The van der Waals surface area contributed by atoms with Crippen LogP contribution in [-0.4, -0.2) is 20.9 Å². The number of aromatic amines is 1. The first-order valence-corrected chi connectivity index (χ1v) is 6.70. The standard InChI is InChI=1S/C16H14N4O2/c17-13(21)7-6-12-8-18-15-14(12)16(20-10-19-15)22-9-11-4-2-1-3-5-11/h1-8,10H,9H2,(H2,17,21)(H,18,19,20). The number of nitrogens with one attached hydrogen (secondary N) is 1. The van der Waals surface area contributed by atoms with E-state index in [0.717, 1.165) is 16.5 Å². The fourth-order valence-corrected chi connectivity index (χ4v) is 2.10. The molecule has 3 aromatic rings. The number of amides is 1. The molecule has 0 aliphatic heterocycles. The molecule has 0 unspecified atom stereocenters. The number of hydrogen-bond donors (Lipinski definition) is 2. The average molecular weight is 294 g/mol. The number of ether oxygens (including phenoxy) is 1. The van der Waals surface area contributed by atoms with Crippen molar-refractivity contribution in [2.45, 2.75) is 6.61 Å². The van der Waals surface area contributed by atoms with Crippen molar-refractivity contribution in [3.8, 4) is 5.88 Å². The van der Waals surface area contributed by atoms with E-state index >= 15 is 0 Å². The molecule has 0 saturated heterocycles. The number of aromatic nitrogens is 3. The van der Waals surface area contributed by atoms with Gasteiger partial charge in [-0.3, -0.25) is 4.79 Å². The number of carbonyl (C=O) groups excluding carboxylic acids is 1. The van der Waals surface area contributed by atoms with Gasteiger partial charge in [-0.25, -0.2) is 9.97 Å². The smallest absolute Gasteiger partial charge is 0.241 e. The number of fused-ring (bicyclic) bond motifs is 1. The summed E-state index contributed by atoms with van der Waals surface area (Å²) in [6.45, 7) is 0.400. The number of nitrogens with two attached hydrogens (primary N) is 1. The number of H-pyrrole nitrogens is 1. The summed E-state index contributed by atoms with van der Waals surface area (Å²) in [5.74, 6) is -0.0582. The van der Waals surface area contributed by atoms with E-state index in [9.17, 15) is 4.79 Å². The Morgan fingerprint density at radius 1 is 1.27 bits per heavy atom. The van der Waals surface area contributed by atoms with Gasteiger partial charge in [-0.15, -0.1) is 0 Å². The number of primary amides is 1. The first-order valence-electron chi connectivity index (χ1n) is 6.70. The van der Waals surface area contributed by atoms with Crippen LogP contribution in [0.2, 0.25) is 0 Å². The SMILES string of the molecule is NC(=O)C=Cc1c[nH]c2ncnc(OCc3ccccc3)c12. The lowest BCUT2D eigenvalue weighted by molar-refractivity contribution is -0.113. The van der Waals surface area contributed by atoms with Crippen molar-refractivity contribution in [3.05, 3.63) is 60.1 Å². The van der Waals surface area contributed by atoms with Crippen molar-refractivity contribution in [1.29, 1.82) is 0 Å². The molecule has 1 aromatic carbocycles. The molecule has 3 N–H and O–H groups in total. The second-order valence-corrected chi connectivity index (χ2v) is 4.66. The summed E-state index contributed by atoms with van der Waals surface area (Å²) in [7, 11) is 0. The molecule has 6 heteroatoms. The van der Waals surface area contributed by atoms with Crippen LogP contribution >= 0.6 is 0 Å². The number of nitrogens with zero attached hydrogens (tertiary/aromatic N) is 2. The largest absolute Gasteiger partial charge is 0.472 e. The molecular weight excluding hydrogens is 280 g/mol. The van der Waals surface area contributed by atoms with Crippen LogP contribution in [0.25, 0.3) is 17.1 Å². The van der Waals surface area contributed by atoms with Crippen LogP contribution in [0.5, 0.6) is 5.88 Å². The zero-order valence-corrected chi connectivity index (χ0v) is 11.7. The van der Waals surface area contributed by atoms with Gasteiger partial charge in [0, 0.05) is 17.8 Å². The Morgan fingerprint density at radius 2 is 2.09 bits per heavy atom. The lowest BCUT2D eigenvalue weighted by Gasteiger charge is -2.06. The van der Waals surface area contributed by atoms with Crippen LogP contribution in [0.3, 0.4) is 0 Å². The molecule has 22 heavy (non-hydrogen) atoms. The van der Waals surface area contributed by atoms with Crippen molar-refractivity contribution < 1.29 is 9.53 Å². The van der Waals surface area contributed by atoms with E-state index in [0.29, 0.717) is 18.1 Å². The third-order valence-electron chi connectivity index (χ3n) is 3.11. The van der Waals surface area contributed by atoms with Gasteiger partial charge in [0.15, 0.2) is 0 Å². The zero-order valence-electron chi connectivity index (χ0n) is 11.7. The van der Waals surface area contributed by atoms with Crippen LogP contribution in [0, 0.1) is 0 Å². The van der Waals surface area contributed by atoms with Gasteiger partial charge < -0.3 is 15.5 Å². The summed E-state index contributed by atoms with van der Waals surface area (Å²) in [5, 5.41) is 0.718.